The number of nitrogens with zero attached hydrogens (tertiary/aromatic N) is 3. The smallest absolute Gasteiger partial charge is 0.236 e. The Morgan fingerprint density at radius 2 is 1.77 bits per heavy atom. The molecule has 0 aromatic carbocycles. The summed E-state index contributed by atoms with van der Waals surface area (Å²) in [5.74, 6) is 0.675. The molecule has 2 N–H and O–H groups in total. The lowest BCUT2D eigenvalue weighted by atomic mass is 9.97. The van der Waals surface area contributed by atoms with E-state index in [1.807, 2.05) is 39.5 Å². The molecule has 7 heteroatoms. The van der Waals surface area contributed by atoms with Crippen LogP contribution in [-0.4, -0.2) is 38.1 Å². The standard InChI is InChI=1S/C19H28N4OS2/c1-10(2)23(11(3)4)18(24)12(5)25-19-21-16(20)15-13-8-6-7-9-14(13)26-17(15)22-19/h10-12H,6-9H2,1-5H3,(H2,20,21,22). The maximum absolute atomic E-state index is 12.9. The van der Waals surface area contributed by atoms with Gasteiger partial charge in [0.25, 0.3) is 0 Å². The lowest BCUT2D eigenvalue weighted by molar-refractivity contribution is -0.133. The highest BCUT2D eigenvalue weighted by atomic mass is 32.2. The Hall–Kier alpha value is -1.34. The topological polar surface area (TPSA) is 72.1 Å². The van der Waals surface area contributed by atoms with Gasteiger partial charge >= 0.3 is 0 Å². The summed E-state index contributed by atoms with van der Waals surface area (Å²) in [6.07, 6.45) is 4.63. The summed E-state index contributed by atoms with van der Waals surface area (Å²) in [5.41, 5.74) is 7.63. The highest BCUT2D eigenvalue weighted by Crippen LogP contribution is 2.39. The summed E-state index contributed by atoms with van der Waals surface area (Å²) in [6.45, 7) is 10.1. The van der Waals surface area contributed by atoms with Crippen molar-refractivity contribution in [1.29, 1.82) is 0 Å². The van der Waals surface area contributed by atoms with Crippen molar-refractivity contribution in [1.82, 2.24) is 14.9 Å². The lowest BCUT2D eigenvalue weighted by Crippen LogP contribution is -2.45. The zero-order valence-electron chi connectivity index (χ0n) is 16.2. The van der Waals surface area contributed by atoms with Gasteiger partial charge in [0, 0.05) is 17.0 Å². The first kappa shape index (κ1) is 19.4. The Bertz CT molecular complexity index is 807. The molecule has 1 aliphatic rings. The molecule has 5 nitrogen and oxygen atoms in total. The van der Waals surface area contributed by atoms with Crippen LogP contribution in [0, 0.1) is 0 Å². The maximum Gasteiger partial charge on any atom is 0.236 e. The molecule has 0 saturated carbocycles. The van der Waals surface area contributed by atoms with Gasteiger partial charge in [0.1, 0.15) is 10.6 Å². The van der Waals surface area contributed by atoms with Crippen LogP contribution in [0.2, 0.25) is 0 Å². The van der Waals surface area contributed by atoms with E-state index in [1.54, 1.807) is 11.3 Å². The van der Waals surface area contributed by atoms with Crippen LogP contribution in [0.5, 0.6) is 0 Å². The largest absolute Gasteiger partial charge is 0.383 e. The van der Waals surface area contributed by atoms with Crippen LogP contribution in [0.3, 0.4) is 0 Å². The predicted octanol–water partition coefficient (Wildman–Crippen LogP) is 4.28. The number of anilines is 1. The number of fused-ring (bicyclic) bond motifs is 3. The van der Waals surface area contributed by atoms with Gasteiger partial charge in [-0.05, 0) is 65.9 Å². The van der Waals surface area contributed by atoms with E-state index in [0.717, 1.165) is 23.1 Å². The van der Waals surface area contributed by atoms with E-state index in [1.165, 1.54) is 35.0 Å². The number of rotatable bonds is 5. The van der Waals surface area contributed by atoms with E-state index in [4.69, 9.17) is 10.7 Å². The molecule has 1 atom stereocenters. The molecule has 0 spiro atoms. The molecule has 3 rings (SSSR count). The highest BCUT2D eigenvalue weighted by Gasteiger charge is 2.27. The average Bonchev–Trinajstić information content (AvgIpc) is 2.92. The Morgan fingerprint density at radius 1 is 1.12 bits per heavy atom. The SMILES string of the molecule is CC(Sc1nc(N)c2c3c(sc2n1)CCCC3)C(=O)N(C(C)C)C(C)C. The number of nitrogens with two attached hydrogens (primary N) is 1. The first-order valence-corrected chi connectivity index (χ1v) is 11.1. The van der Waals surface area contributed by atoms with Crippen molar-refractivity contribution in [2.45, 2.75) is 82.8 Å². The fraction of sp³-hybridized carbons (Fsp3) is 0.632. The number of aryl methyl sites for hydroxylation is 2. The number of thiophene rings is 1. The number of nitrogen functional groups attached to an aromatic ring is 1. The third kappa shape index (κ3) is 3.69. The van der Waals surface area contributed by atoms with Gasteiger partial charge in [0.15, 0.2) is 5.16 Å². The predicted molar refractivity (Wildman–Crippen MR) is 111 cm³/mol. The molecule has 0 saturated heterocycles. The fourth-order valence-electron chi connectivity index (χ4n) is 3.74. The van der Waals surface area contributed by atoms with Gasteiger partial charge in [-0.1, -0.05) is 11.8 Å². The Balaban J connectivity index is 1.86. The number of hydrogen-bond donors (Lipinski definition) is 1. The maximum atomic E-state index is 12.9. The third-order valence-corrected chi connectivity index (χ3v) is 6.95. The van der Waals surface area contributed by atoms with Crippen LogP contribution in [0.1, 0.15) is 57.9 Å². The van der Waals surface area contributed by atoms with E-state index in [9.17, 15) is 4.79 Å². The zero-order valence-corrected chi connectivity index (χ0v) is 17.8. The van der Waals surface area contributed by atoms with E-state index >= 15 is 0 Å². The Labute approximate surface area is 163 Å². The Morgan fingerprint density at radius 3 is 2.42 bits per heavy atom. The van der Waals surface area contributed by atoms with Crippen molar-refractivity contribution >= 4 is 45.0 Å². The first-order chi connectivity index (χ1) is 12.3. The monoisotopic (exact) mass is 392 g/mol. The molecule has 0 radical (unpaired) electrons. The van der Waals surface area contributed by atoms with Gasteiger partial charge in [-0.2, -0.15) is 0 Å². The minimum absolute atomic E-state index is 0.118. The number of aromatic nitrogens is 2. The molecular formula is C19H28N4OS2. The number of thioether (sulfide) groups is 1. The summed E-state index contributed by atoms with van der Waals surface area (Å²) >= 11 is 3.14. The minimum Gasteiger partial charge on any atom is -0.383 e. The zero-order chi connectivity index (χ0) is 19.0. The number of hydrogen-bond acceptors (Lipinski definition) is 6. The van der Waals surface area contributed by atoms with Crippen molar-refractivity contribution in [2.75, 3.05) is 5.73 Å². The molecular weight excluding hydrogens is 364 g/mol. The molecule has 26 heavy (non-hydrogen) atoms. The first-order valence-electron chi connectivity index (χ1n) is 9.36. The summed E-state index contributed by atoms with van der Waals surface area (Å²) in [4.78, 5) is 26.4. The summed E-state index contributed by atoms with van der Waals surface area (Å²) in [5, 5.41) is 1.40. The third-order valence-electron chi connectivity index (χ3n) is 4.82. The van der Waals surface area contributed by atoms with Crippen molar-refractivity contribution in [3.63, 3.8) is 0 Å². The van der Waals surface area contributed by atoms with Crippen molar-refractivity contribution in [3.8, 4) is 0 Å². The molecule has 2 aromatic rings. The molecule has 0 bridgehead atoms. The van der Waals surface area contributed by atoms with Crippen LogP contribution < -0.4 is 5.73 Å². The number of carbonyl (C=O) groups is 1. The lowest BCUT2D eigenvalue weighted by Gasteiger charge is -2.32. The number of carbonyl (C=O) groups excluding carboxylic acids is 1. The molecule has 1 aliphatic carbocycles. The van der Waals surface area contributed by atoms with Crippen molar-refractivity contribution in [3.05, 3.63) is 10.4 Å². The van der Waals surface area contributed by atoms with Crippen LogP contribution in [0.4, 0.5) is 5.82 Å². The summed E-state index contributed by atoms with van der Waals surface area (Å²) in [7, 11) is 0. The van der Waals surface area contributed by atoms with Crippen LogP contribution in [0.25, 0.3) is 10.2 Å². The van der Waals surface area contributed by atoms with E-state index in [2.05, 4.69) is 4.98 Å². The minimum atomic E-state index is -0.244. The average molecular weight is 393 g/mol. The van der Waals surface area contributed by atoms with E-state index in [0.29, 0.717) is 11.0 Å². The van der Waals surface area contributed by atoms with E-state index < -0.39 is 0 Å². The van der Waals surface area contributed by atoms with Gasteiger partial charge in [0.2, 0.25) is 5.91 Å². The van der Waals surface area contributed by atoms with Crippen LogP contribution >= 0.6 is 23.1 Å². The molecule has 1 unspecified atom stereocenters. The second kappa shape index (κ2) is 7.72. The second-order valence-corrected chi connectivity index (χ2v) is 9.87. The normalized spacial score (nSPS) is 15.5. The van der Waals surface area contributed by atoms with Crippen molar-refractivity contribution in [2.24, 2.45) is 0 Å². The quantitative estimate of drug-likeness (QED) is 0.607. The fourth-order valence-corrected chi connectivity index (χ4v) is 5.90. The van der Waals surface area contributed by atoms with Crippen LogP contribution in [0.15, 0.2) is 5.16 Å². The van der Waals surface area contributed by atoms with Gasteiger partial charge in [0.05, 0.1) is 10.6 Å². The molecule has 0 fully saturated rings. The van der Waals surface area contributed by atoms with Crippen LogP contribution in [-0.2, 0) is 17.6 Å². The Kier molecular flexibility index (Phi) is 5.77. The molecule has 2 aromatic heterocycles. The highest BCUT2D eigenvalue weighted by molar-refractivity contribution is 8.00. The van der Waals surface area contributed by atoms with Gasteiger partial charge < -0.3 is 10.6 Å². The summed E-state index contributed by atoms with van der Waals surface area (Å²) in [6, 6.07) is 0.339. The van der Waals surface area contributed by atoms with E-state index in [-0.39, 0.29) is 23.2 Å². The molecule has 0 aliphatic heterocycles. The van der Waals surface area contributed by atoms with Crippen molar-refractivity contribution < 1.29 is 4.79 Å². The number of amides is 1. The summed E-state index contributed by atoms with van der Waals surface area (Å²) < 4.78 is 0. The van der Waals surface area contributed by atoms with Gasteiger partial charge in [-0.3, -0.25) is 4.79 Å². The van der Waals surface area contributed by atoms with Gasteiger partial charge in [-0.25, -0.2) is 9.97 Å². The second-order valence-electron chi connectivity index (χ2n) is 7.48. The molecule has 1 amide bonds. The molecule has 142 valence electrons. The van der Waals surface area contributed by atoms with Gasteiger partial charge in [-0.15, -0.1) is 11.3 Å². The molecule has 2 heterocycles.